The zero-order valence-electron chi connectivity index (χ0n) is 18.5. The molecule has 1 saturated heterocycles. The van der Waals surface area contributed by atoms with Crippen LogP contribution in [0.15, 0.2) is 19.7 Å². The third-order valence-electron chi connectivity index (χ3n) is 7.25. The third kappa shape index (κ3) is 3.31. The van der Waals surface area contributed by atoms with Gasteiger partial charge in [-0.3, -0.25) is 9.59 Å². The average Bonchev–Trinajstić information content (AvgIpc) is 3.16. The van der Waals surface area contributed by atoms with Crippen LogP contribution in [0.1, 0.15) is 53.7 Å². The summed E-state index contributed by atoms with van der Waals surface area (Å²) in [5.41, 5.74) is 4.02. The first-order chi connectivity index (χ1) is 15.3. The molecule has 2 aliphatic rings. The van der Waals surface area contributed by atoms with Gasteiger partial charge in [-0.05, 0) is 57.6 Å². The van der Waals surface area contributed by atoms with Gasteiger partial charge in [0.15, 0.2) is 0 Å². The average molecular weight is 437 g/mol. The van der Waals surface area contributed by atoms with Crippen molar-refractivity contribution in [1.82, 2.24) is 4.90 Å². The molecule has 5 rings (SSSR count). The van der Waals surface area contributed by atoms with E-state index >= 15 is 0 Å². The lowest BCUT2D eigenvalue weighted by atomic mass is 9.93. The van der Waals surface area contributed by atoms with Crippen molar-refractivity contribution in [2.24, 2.45) is 5.92 Å². The van der Waals surface area contributed by atoms with Crippen molar-refractivity contribution < 1.29 is 23.5 Å². The monoisotopic (exact) mass is 437 g/mol. The Balaban J connectivity index is 1.51. The maximum atomic E-state index is 12.9. The molecule has 1 aliphatic heterocycles. The van der Waals surface area contributed by atoms with Gasteiger partial charge in [-0.25, -0.2) is 4.79 Å². The van der Waals surface area contributed by atoms with Crippen LogP contribution in [0.2, 0.25) is 0 Å². The van der Waals surface area contributed by atoms with Crippen LogP contribution in [0.5, 0.6) is 0 Å². The van der Waals surface area contributed by atoms with E-state index in [1.165, 1.54) is 5.56 Å². The lowest BCUT2D eigenvalue weighted by Gasteiger charge is -2.30. The molecule has 1 aromatic carbocycles. The largest absolute Gasteiger partial charge is 0.481 e. The van der Waals surface area contributed by atoms with Crippen LogP contribution in [0.25, 0.3) is 21.9 Å². The molecule has 3 aromatic rings. The number of piperidine rings is 1. The number of hydrogen-bond donors (Lipinski definition) is 1. The summed E-state index contributed by atoms with van der Waals surface area (Å²) in [5, 5.41) is 11.1. The van der Waals surface area contributed by atoms with Gasteiger partial charge in [0.2, 0.25) is 5.91 Å². The molecule has 0 bridgehead atoms. The standard InChI is InChI=1S/C25H27NO6/c1-13-17-11-19-16-5-3-4-6-20(16)31-23(19)14(2)22(17)32-25(30)18(13)12-21(27)26-9-7-15(8-10-26)24(28)29/h11,15H,3-10,12H2,1-2H3,(H,28,29). The second-order valence-corrected chi connectivity index (χ2v) is 9.13. The number of furan rings is 1. The fraction of sp³-hybridized carbons (Fsp3) is 0.480. The number of likely N-dealkylation sites (tertiary alicyclic amines) is 1. The number of aliphatic carboxylic acids is 1. The fourth-order valence-electron chi connectivity index (χ4n) is 5.26. The summed E-state index contributed by atoms with van der Waals surface area (Å²) in [6.45, 7) is 4.58. The fourth-order valence-corrected chi connectivity index (χ4v) is 5.26. The molecule has 0 unspecified atom stereocenters. The van der Waals surface area contributed by atoms with E-state index in [4.69, 9.17) is 13.9 Å². The molecule has 7 nitrogen and oxygen atoms in total. The number of aryl methyl sites for hydroxylation is 4. The van der Waals surface area contributed by atoms with Gasteiger partial charge in [-0.1, -0.05) is 0 Å². The van der Waals surface area contributed by atoms with Gasteiger partial charge in [-0.15, -0.1) is 0 Å². The van der Waals surface area contributed by atoms with E-state index < -0.39 is 17.5 Å². The minimum atomic E-state index is -0.814. The Bertz CT molecular complexity index is 1310. The summed E-state index contributed by atoms with van der Waals surface area (Å²) in [7, 11) is 0. The molecule has 0 radical (unpaired) electrons. The van der Waals surface area contributed by atoms with E-state index in [2.05, 4.69) is 6.07 Å². The summed E-state index contributed by atoms with van der Waals surface area (Å²) < 4.78 is 11.9. The predicted molar refractivity (Wildman–Crippen MR) is 119 cm³/mol. The lowest BCUT2D eigenvalue weighted by Crippen LogP contribution is -2.41. The summed E-state index contributed by atoms with van der Waals surface area (Å²) >= 11 is 0. The normalized spacial score (nSPS) is 17.1. The van der Waals surface area contributed by atoms with Crippen LogP contribution in [-0.4, -0.2) is 35.0 Å². The smallest absolute Gasteiger partial charge is 0.340 e. The molecular weight excluding hydrogens is 410 g/mol. The molecule has 1 fully saturated rings. The molecule has 168 valence electrons. The molecular formula is C25H27NO6. The maximum Gasteiger partial charge on any atom is 0.340 e. The lowest BCUT2D eigenvalue weighted by molar-refractivity contribution is -0.145. The van der Waals surface area contributed by atoms with E-state index in [1.807, 2.05) is 13.8 Å². The molecule has 1 N–H and O–H groups in total. The van der Waals surface area contributed by atoms with Gasteiger partial charge in [-0.2, -0.15) is 0 Å². The molecule has 32 heavy (non-hydrogen) atoms. The van der Waals surface area contributed by atoms with Crippen LogP contribution < -0.4 is 5.63 Å². The van der Waals surface area contributed by atoms with Crippen molar-refractivity contribution in [3.05, 3.63) is 44.5 Å². The SMILES string of the molecule is Cc1c(CC(=O)N2CCC(C(=O)O)CC2)c(=O)oc2c(C)c3oc4c(c3cc12)CCCC4. The number of carbonyl (C=O) groups is 2. The number of amides is 1. The van der Waals surface area contributed by atoms with Gasteiger partial charge < -0.3 is 18.8 Å². The van der Waals surface area contributed by atoms with Crippen molar-refractivity contribution >= 4 is 33.8 Å². The Morgan fingerprint density at radius 1 is 1.03 bits per heavy atom. The van der Waals surface area contributed by atoms with E-state index in [0.717, 1.165) is 58.9 Å². The van der Waals surface area contributed by atoms with Crippen molar-refractivity contribution in [3.8, 4) is 0 Å². The van der Waals surface area contributed by atoms with Crippen LogP contribution in [0, 0.1) is 19.8 Å². The Hall–Kier alpha value is -3.09. The first-order valence-corrected chi connectivity index (χ1v) is 11.4. The maximum absolute atomic E-state index is 12.9. The van der Waals surface area contributed by atoms with E-state index in [1.54, 1.807) is 4.90 Å². The summed E-state index contributed by atoms with van der Waals surface area (Å²) in [5.74, 6) is -0.351. The second-order valence-electron chi connectivity index (χ2n) is 9.13. The number of rotatable bonds is 3. The van der Waals surface area contributed by atoms with Crippen molar-refractivity contribution in [2.75, 3.05) is 13.1 Å². The van der Waals surface area contributed by atoms with Gasteiger partial charge in [0.1, 0.15) is 16.9 Å². The molecule has 3 heterocycles. The number of carboxylic acid groups (broad SMARTS) is 1. The highest BCUT2D eigenvalue weighted by Crippen LogP contribution is 2.38. The van der Waals surface area contributed by atoms with E-state index in [-0.39, 0.29) is 12.3 Å². The van der Waals surface area contributed by atoms with E-state index in [9.17, 15) is 14.4 Å². The highest BCUT2D eigenvalue weighted by atomic mass is 16.4. The minimum Gasteiger partial charge on any atom is -0.481 e. The number of hydrogen-bond acceptors (Lipinski definition) is 5. The molecule has 0 atom stereocenters. The zero-order chi connectivity index (χ0) is 22.6. The highest BCUT2D eigenvalue weighted by molar-refractivity contribution is 6.00. The second kappa shape index (κ2) is 7.80. The summed E-state index contributed by atoms with van der Waals surface area (Å²) in [6, 6.07) is 2.05. The molecule has 0 spiro atoms. The number of fused-ring (bicyclic) bond motifs is 4. The molecule has 0 saturated carbocycles. The summed E-state index contributed by atoms with van der Waals surface area (Å²) in [4.78, 5) is 38.6. The van der Waals surface area contributed by atoms with Gasteiger partial charge in [0, 0.05) is 41.4 Å². The van der Waals surface area contributed by atoms with Crippen LogP contribution in [0.3, 0.4) is 0 Å². The van der Waals surface area contributed by atoms with Crippen LogP contribution >= 0.6 is 0 Å². The molecule has 1 aliphatic carbocycles. The minimum absolute atomic E-state index is 0.0393. The van der Waals surface area contributed by atoms with Gasteiger partial charge >= 0.3 is 11.6 Å². The van der Waals surface area contributed by atoms with Crippen molar-refractivity contribution in [1.29, 1.82) is 0 Å². The quantitative estimate of drug-likeness (QED) is 0.624. The topological polar surface area (TPSA) is 101 Å². The number of carboxylic acids is 1. The highest BCUT2D eigenvalue weighted by Gasteiger charge is 2.28. The first kappa shape index (κ1) is 20.8. The third-order valence-corrected chi connectivity index (χ3v) is 7.25. The van der Waals surface area contributed by atoms with Gasteiger partial charge in [0.25, 0.3) is 0 Å². The van der Waals surface area contributed by atoms with Gasteiger partial charge in [0.05, 0.1) is 17.9 Å². The first-order valence-electron chi connectivity index (χ1n) is 11.4. The van der Waals surface area contributed by atoms with Crippen molar-refractivity contribution in [3.63, 3.8) is 0 Å². The zero-order valence-corrected chi connectivity index (χ0v) is 18.5. The Labute approximate surface area is 185 Å². The Kier molecular flexibility index (Phi) is 5.07. The number of benzene rings is 1. The number of nitrogens with zero attached hydrogens (tertiary/aromatic N) is 1. The van der Waals surface area contributed by atoms with Crippen LogP contribution in [0.4, 0.5) is 0 Å². The Morgan fingerprint density at radius 3 is 2.44 bits per heavy atom. The molecule has 7 heteroatoms. The van der Waals surface area contributed by atoms with Crippen molar-refractivity contribution in [2.45, 2.75) is 58.8 Å². The Morgan fingerprint density at radius 2 is 1.72 bits per heavy atom. The summed E-state index contributed by atoms with van der Waals surface area (Å²) in [6.07, 6.45) is 5.02. The predicted octanol–water partition coefficient (Wildman–Crippen LogP) is 3.90. The molecule has 1 amide bonds. The van der Waals surface area contributed by atoms with E-state index in [0.29, 0.717) is 37.1 Å². The van der Waals surface area contributed by atoms with Crippen LogP contribution in [-0.2, 0) is 28.9 Å². The molecule has 2 aromatic heterocycles. The number of carbonyl (C=O) groups excluding carboxylic acids is 1.